The van der Waals surface area contributed by atoms with Gasteiger partial charge in [0.2, 0.25) is 5.91 Å². The normalized spacial score (nSPS) is 11.1. The first kappa shape index (κ1) is 16.8. The number of carbonyl (C=O) groups is 1. The molecule has 0 aliphatic heterocycles. The Morgan fingerprint density at radius 3 is 2.50 bits per heavy atom. The van der Waals surface area contributed by atoms with Gasteiger partial charge in [-0.1, -0.05) is 12.8 Å². The summed E-state index contributed by atoms with van der Waals surface area (Å²) in [5.41, 5.74) is 5.46. The van der Waals surface area contributed by atoms with Crippen LogP contribution in [-0.4, -0.2) is 23.4 Å². The summed E-state index contributed by atoms with van der Waals surface area (Å²) in [5, 5.41) is 0. The molecule has 20 heavy (non-hydrogen) atoms. The average Bonchev–Trinajstić information content (AvgIpc) is 2.80. The van der Waals surface area contributed by atoms with Crippen LogP contribution in [0.25, 0.3) is 0 Å². The van der Waals surface area contributed by atoms with Gasteiger partial charge in [0.25, 0.3) is 0 Å². The number of unbranched alkanes of at least 4 members (excludes halogenated alkanes) is 3. The van der Waals surface area contributed by atoms with Gasteiger partial charge in [0.15, 0.2) is 0 Å². The zero-order valence-electron chi connectivity index (χ0n) is 13.0. The van der Waals surface area contributed by atoms with Crippen LogP contribution in [0.15, 0.2) is 16.5 Å². The lowest BCUT2D eigenvalue weighted by Gasteiger charge is -2.26. The molecule has 4 nitrogen and oxygen atoms in total. The number of rotatable bonds is 9. The first-order chi connectivity index (χ1) is 9.54. The van der Waals surface area contributed by atoms with E-state index in [1.165, 1.54) is 0 Å². The lowest BCUT2D eigenvalue weighted by molar-refractivity contribution is -0.134. The number of hydrogen-bond donors (Lipinski definition) is 1. The van der Waals surface area contributed by atoms with Gasteiger partial charge in [0.05, 0.1) is 6.54 Å². The van der Waals surface area contributed by atoms with E-state index in [1.807, 2.05) is 37.8 Å². The molecule has 114 valence electrons. The van der Waals surface area contributed by atoms with Crippen LogP contribution in [-0.2, 0) is 11.3 Å². The zero-order valence-corrected chi connectivity index (χ0v) is 13.0. The highest BCUT2D eigenvalue weighted by Gasteiger charge is 2.18. The largest absolute Gasteiger partial charge is 0.464 e. The summed E-state index contributed by atoms with van der Waals surface area (Å²) < 4.78 is 5.56. The fraction of sp³-hybridized carbons (Fsp3) is 0.688. The van der Waals surface area contributed by atoms with Gasteiger partial charge in [0.1, 0.15) is 11.5 Å². The number of nitrogens with zero attached hydrogens (tertiary/aromatic N) is 1. The van der Waals surface area contributed by atoms with E-state index in [9.17, 15) is 4.79 Å². The summed E-state index contributed by atoms with van der Waals surface area (Å²) in [6.07, 6.45) is 4.80. The van der Waals surface area contributed by atoms with Crippen molar-refractivity contribution in [2.45, 2.75) is 65.5 Å². The Labute approximate surface area is 122 Å². The van der Waals surface area contributed by atoms with E-state index >= 15 is 0 Å². The van der Waals surface area contributed by atoms with Crippen molar-refractivity contribution in [1.82, 2.24) is 4.90 Å². The van der Waals surface area contributed by atoms with Gasteiger partial charge in [-0.2, -0.15) is 0 Å². The van der Waals surface area contributed by atoms with Crippen LogP contribution in [0.4, 0.5) is 0 Å². The third-order valence-corrected chi connectivity index (χ3v) is 3.41. The standard InChI is InChI=1S/C16H28N2O2/c1-13(2)18(12-15-10-9-14(3)20-15)16(19)8-6-4-5-7-11-17/h9-10,13H,4-8,11-12,17H2,1-3H3. The highest BCUT2D eigenvalue weighted by atomic mass is 16.3. The molecule has 2 N–H and O–H groups in total. The average molecular weight is 280 g/mol. The third kappa shape index (κ3) is 5.78. The molecule has 0 saturated carbocycles. The van der Waals surface area contributed by atoms with E-state index < -0.39 is 0 Å². The first-order valence-corrected chi connectivity index (χ1v) is 7.59. The molecule has 1 aromatic heterocycles. The Balaban J connectivity index is 2.42. The second-order valence-electron chi connectivity index (χ2n) is 5.58. The Morgan fingerprint density at radius 2 is 1.95 bits per heavy atom. The molecule has 0 aliphatic rings. The highest BCUT2D eigenvalue weighted by Crippen LogP contribution is 2.14. The van der Waals surface area contributed by atoms with Crippen LogP contribution in [0.5, 0.6) is 0 Å². The smallest absolute Gasteiger partial charge is 0.223 e. The highest BCUT2D eigenvalue weighted by molar-refractivity contribution is 5.76. The molecule has 0 spiro atoms. The molecule has 0 aromatic carbocycles. The van der Waals surface area contributed by atoms with Crippen molar-refractivity contribution >= 4 is 5.91 Å². The van der Waals surface area contributed by atoms with Crippen LogP contribution in [0.1, 0.15) is 57.5 Å². The van der Waals surface area contributed by atoms with Gasteiger partial charge in [0, 0.05) is 12.5 Å². The molecule has 0 unspecified atom stereocenters. The van der Waals surface area contributed by atoms with Crippen molar-refractivity contribution in [3.05, 3.63) is 23.7 Å². The van der Waals surface area contributed by atoms with Crippen molar-refractivity contribution in [3.8, 4) is 0 Å². The van der Waals surface area contributed by atoms with E-state index in [-0.39, 0.29) is 11.9 Å². The van der Waals surface area contributed by atoms with Crippen molar-refractivity contribution in [2.24, 2.45) is 5.73 Å². The fourth-order valence-corrected chi connectivity index (χ4v) is 2.21. The van der Waals surface area contributed by atoms with Gasteiger partial charge in [-0.25, -0.2) is 0 Å². The van der Waals surface area contributed by atoms with E-state index in [4.69, 9.17) is 10.2 Å². The second kappa shape index (κ2) is 8.80. The molecule has 1 heterocycles. The molecule has 1 aromatic rings. The fourth-order valence-electron chi connectivity index (χ4n) is 2.21. The summed E-state index contributed by atoms with van der Waals surface area (Å²) >= 11 is 0. The minimum Gasteiger partial charge on any atom is -0.464 e. The van der Waals surface area contributed by atoms with Gasteiger partial charge in [-0.3, -0.25) is 4.79 Å². The van der Waals surface area contributed by atoms with Gasteiger partial charge >= 0.3 is 0 Å². The maximum atomic E-state index is 12.3. The van der Waals surface area contributed by atoms with E-state index in [1.54, 1.807) is 0 Å². The number of carbonyl (C=O) groups excluding carboxylic acids is 1. The summed E-state index contributed by atoms with van der Waals surface area (Å²) in [5.74, 6) is 1.95. The number of hydrogen-bond acceptors (Lipinski definition) is 3. The second-order valence-corrected chi connectivity index (χ2v) is 5.58. The molecule has 0 atom stereocenters. The van der Waals surface area contributed by atoms with Crippen LogP contribution in [0.2, 0.25) is 0 Å². The summed E-state index contributed by atoms with van der Waals surface area (Å²) in [4.78, 5) is 14.2. The molecule has 1 rings (SSSR count). The molecular weight excluding hydrogens is 252 g/mol. The van der Waals surface area contributed by atoms with E-state index in [0.717, 1.165) is 43.7 Å². The maximum absolute atomic E-state index is 12.3. The number of amides is 1. The molecule has 0 aliphatic carbocycles. The maximum Gasteiger partial charge on any atom is 0.223 e. The van der Waals surface area contributed by atoms with Crippen molar-refractivity contribution in [1.29, 1.82) is 0 Å². The predicted molar refractivity (Wildman–Crippen MR) is 81.3 cm³/mol. The Morgan fingerprint density at radius 1 is 1.25 bits per heavy atom. The van der Waals surface area contributed by atoms with Crippen LogP contribution < -0.4 is 5.73 Å². The van der Waals surface area contributed by atoms with Crippen molar-refractivity contribution in [3.63, 3.8) is 0 Å². The predicted octanol–water partition coefficient (Wildman–Crippen LogP) is 3.23. The van der Waals surface area contributed by atoms with Gasteiger partial charge in [-0.05, 0) is 52.3 Å². The molecule has 0 radical (unpaired) electrons. The zero-order chi connectivity index (χ0) is 15.0. The van der Waals surface area contributed by atoms with Crippen LogP contribution in [0.3, 0.4) is 0 Å². The van der Waals surface area contributed by atoms with Crippen molar-refractivity contribution in [2.75, 3.05) is 6.54 Å². The molecule has 0 bridgehead atoms. The number of aryl methyl sites for hydroxylation is 1. The lowest BCUT2D eigenvalue weighted by Crippen LogP contribution is -2.36. The molecule has 4 heteroatoms. The van der Waals surface area contributed by atoms with Crippen LogP contribution >= 0.6 is 0 Å². The Bertz CT molecular complexity index is 399. The monoisotopic (exact) mass is 280 g/mol. The molecule has 0 saturated heterocycles. The third-order valence-electron chi connectivity index (χ3n) is 3.41. The van der Waals surface area contributed by atoms with E-state index in [2.05, 4.69) is 0 Å². The number of nitrogens with two attached hydrogens (primary N) is 1. The van der Waals surface area contributed by atoms with Crippen LogP contribution in [0, 0.1) is 6.92 Å². The summed E-state index contributed by atoms with van der Waals surface area (Å²) in [6, 6.07) is 4.07. The summed E-state index contributed by atoms with van der Waals surface area (Å²) in [7, 11) is 0. The Hall–Kier alpha value is -1.29. The molecular formula is C16H28N2O2. The van der Waals surface area contributed by atoms with Gasteiger partial charge in [-0.15, -0.1) is 0 Å². The topological polar surface area (TPSA) is 59.5 Å². The van der Waals surface area contributed by atoms with Gasteiger partial charge < -0.3 is 15.1 Å². The SMILES string of the molecule is Cc1ccc(CN(C(=O)CCCCCCN)C(C)C)o1. The molecule has 0 fully saturated rings. The van der Waals surface area contributed by atoms with E-state index in [0.29, 0.717) is 13.0 Å². The molecule has 1 amide bonds. The van der Waals surface area contributed by atoms with Crippen molar-refractivity contribution < 1.29 is 9.21 Å². The first-order valence-electron chi connectivity index (χ1n) is 7.59. The summed E-state index contributed by atoms with van der Waals surface area (Å²) in [6.45, 7) is 7.31. The lowest BCUT2D eigenvalue weighted by atomic mass is 10.1. The quantitative estimate of drug-likeness (QED) is 0.706. The number of furan rings is 1. The Kier molecular flexibility index (Phi) is 7.37. The minimum atomic E-state index is 0.192. The minimum absolute atomic E-state index is 0.192.